The number of aromatic nitrogens is 1. The molecule has 1 aliphatic rings. The summed E-state index contributed by atoms with van der Waals surface area (Å²) in [6.07, 6.45) is 2.61. The van der Waals surface area contributed by atoms with Crippen LogP contribution in [0.4, 0.5) is 0 Å². The molecular weight excluding hydrogens is 344 g/mol. The van der Waals surface area contributed by atoms with Crippen LogP contribution in [-0.2, 0) is 0 Å². The van der Waals surface area contributed by atoms with E-state index >= 15 is 0 Å². The summed E-state index contributed by atoms with van der Waals surface area (Å²) < 4.78 is 6.68. The van der Waals surface area contributed by atoms with Crippen LogP contribution in [0, 0.1) is 6.92 Å². The maximum absolute atomic E-state index is 12.5. The van der Waals surface area contributed by atoms with Gasteiger partial charge in [-0.25, -0.2) is 4.98 Å². The van der Waals surface area contributed by atoms with E-state index in [9.17, 15) is 4.79 Å². The van der Waals surface area contributed by atoms with Crippen molar-refractivity contribution in [2.45, 2.75) is 19.4 Å². The van der Waals surface area contributed by atoms with Crippen LogP contribution < -0.4 is 4.74 Å². The third-order valence-electron chi connectivity index (χ3n) is 3.71. The van der Waals surface area contributed by atoms with Crippen molar-refractivity contribution in [3.8, 4) is 5.88 Å². The molecular formula is C17H17BrN2O2. The van der Waals surface area contributed by atoms with Gasteiger partial charge in [0.15, 0.2) is 0 Å². The van der Waals surface area contributed by atoms with Crippen LogP contribution in [0.15, 0.2) is 47.1 Å². The van der Waals surface area contributed by atoms with E-state index in [4.69, 9.17) is 4.74 Å². The van der Waals surface area contributed by atoms with Crippen molar-refractivity contribution in [2.24, 2.45) is 0 Å². The predicted octanol–water partition coefficient (Wildman–Crippen LogP) is 3.45. The Morgan fingerprint density at radius 1 is 1.32 bits per heavy atom. The van der Waals surface area contributed by atoms with Crippen molar-refractivity contribution in [3.05, 3.63) is 58.2 Å². The molecule has 4 nitrogen and oxygen atoms in total. The number of carbonyl (C=O) groups excluding carboxylic acids is 1. The lowest BCUT2D eigenvalue weighted by Crippen LogP contribution is -2.31. The molecule has 114 valence electrons. The smallest absolute Gasteiger partial charge is 0.255 e. The van der Waals surface area contributed by atoms with Gasteiger partial charge in [-0.2, -0.15) is 0 Å². The van der Waals surface area contributed by atoms with Gasteiger partial charge in [0.25, 0.3) is 5.91 Å². The SMILES string of the molecule is Cc1ccc(O[C@@H]2CCN(C(=O)c3ccccc3Br)C2)nc1. The van der Waals surface area contributed by atoms with Crippen LogP contribution in [0.25, 0.3) is 0 Å². The first-order valence-electron chi connectivity index (χ1n) is 7.26. The van der Waals surface area contributed by atoms with Crippen LogP contribution in [0.1, 0.15) is 22.3 Å². The molecule has 1 aliphatic heterocycles. The lowest BCUT2D eigenvalue weighted by molar-refractivity contribution is 0.0770. The fraction of sp³-hybridized carbons (Fsp3) is 0.294. The molecule has 0 spiro atoms. The fourth-order valence-electron chi connectivity index (χ4n) is 2.51. The molecule has 1 atom stereocenters. The van der Waals surface area contributed by atoms with Gasteiger partial charge in [-0.15, -0.1) is 0 Å². The molecule has 1 saturated heterocycles. The summed E-state index contributed by atoms with van der Waals surface area (Å²) in [5.41, 5.74) is 1.79. The Balaban J connectivity index is 1.63. The average Bonchev–Trinajstić information content (AvgIpc) is 2.98. The average molecular weight is 361 g/mol. The Labute approximate surface area is 138 Å². The number of hydrogen-bond donors (Lipinski definition) is 0. The molecule has 0 unspecified atom stereocenters. The zero-order valence-electron chi connectivity index (χ0n) is 12.3. The van der Waals surface area contributed by atoms with Crippen molar-refractivity contribution in [3.63, 3.8) is 0 Å². The number of halogens is 1. The Morgan fingerprint density at radius 3 is 2.86 bits per heavy atom. The van der Waals surface area contributed by atoms with Crippen molar-refractivity contribution in [1.29, 1.82) is 0 Å². The zero-order valence-corrected chi connectivity index (χ0v) is 13.9. The van der Waals surface area contributed by atoms with Crippen LogP contribution >= 0.6 is 15.9 Å². The summed E-state index contributed by atoms with van der Waals surface area (Å²) in [5.74, 6) is 0.654. The molecule has 1 amide bonds. The maximum Gasteiger partial charge on any atom is 0.255 e. The second-order valence-corrected chi connectivity index (χ2v) is 6.29. The largest absolute Gasteiger partial charge is 0.472 e. The summed E-state index contributed by atoms with van der Waals surface area (Å²) in [4.78, 5) is 18.6. The van der Waals surface area contributed by atoms with Crippen LogP contribution in [-0.4, -0.2) is 35.0 Å². The Bertz CT molecular complexity index is 673. The first kappa shape index (κ1) is 15.0. The maximum atomic E-state index is 12.5. The first-order valence-corrected chi connectivity index (χ1v) is 8.06. The number of likely N-dealkylation sites (tertiary alicyclic amines) is 1. The van der Waals surface area contributed by atoms with E-state index in [0.717, 1.165) is 16.5 Å². The molecule has 0 aliphatic carbocycles. The van der Waals surface area contributed by atoms with Gasteiger partial charge in [0.1, 0.15) is 6.10 Å². The number of rotatable bonds is 3. The molecule has 3 rings (SSSR count). The van der Waals surface area contributed by atoms with Crippen molar-refractivity contribution in [1.82, 2.24) is 9.88 Å². The molecule has 2 heterocycles. The van der Waals surface area contributed by atoms with Gasteiger partial charge in [-0.3, -0.25) is 4.79 Å². The topological polar surface area (TPSA) is 42.4 Å². The summed E-state index contributed by atoms with van der Waals surface area (Å²) in [5, 5.41) is 0. The van der Waals surface area contributed by atoms with E-state index < -0.39 is 0 Å². The predicted molar refractivity (Wildman–Crippen MR) is 88.1 cm³/mol. The highest BCUT2D eigenvalue weighted by Gasteiger charge is 2.29. The quantitative estimate of drug-likeness (QED) is 0.841. The highest BCUT2D eigenvalue weighted by Crippen LogP contribution is 2.22. The van der Waals surface area contributed by atoms with E-state index in [2.05, 4.69) is 20.9 Å². The molecule has 0 radical (unpaired) electrons. The zero-order chi connectivity index (χ0) is 15.5. The fourth-order valence-corrected chi connectivity index (χ4v) is 2.96. The molecule has 0 N–H and O–H groups in total. The first-order chi connectivity index (χ1) is 10.6. The molecule has 1 aromatic heterocycles. The van der Waals surface area contributed by atoms with Crippen LogP contribution in [0.5, 0.6) is 5.88 Å². The number of amides is 1. The van der Waals surface area contributed by atoms with E-state index in [1.807, 2.05) is 48.2 Å². The Kier molecular flexibility index (Phi) is 4.43. The summed E-state index contributed by atoms with van der Waals surface area (Å²) in [6, 6.07) is 11.3. The third kappa shape index (κ3) is 3.30. The van der Waals surface area contributed by atoms with E-state index in [1.165, 1.54) is 0 Å². The molecule has 1 fully saturated rings. The number of benzene rings is 1. The number of aryl methyl sites for hydroxylation is 1. The van der Waals surface area contributed by atoms with Gasteiger partial charge in [0.05, 0.1) is 12.1 Å². The second-order valence-electron chi connectivity index (χ2n) is 5.43. The standard InChI is InChI=1S/C17H17BrN2O2/c1-12-6-7-16(19-10-12)22-13-8-9-20(11-13)17(21)14-4-2-3-5-15(14)18/h2-7,10,13H,8-9,11H2,1H3/t13-/m1/s1. The van der Waals surface area contributed by atoms with Gasteiger partial charge in [-0.05, 0) is 40.5 Å². The number of pyridine rings is 1. The van der Waals surface area contributed by atoms with Crippen molar-refractivity contribution >= 4 is 21.8 Å². The summed E-state index contributed by atoms with van der Waals surface area (Å²) >= 11 is 3.43. The highest BCUT2D eigenvalue weighted by molar-refractivity contribution is 9.10. The van der Waals surface area contributed by atoms with Crippen LogP contribution in [0.3, 0.4) is 0 Å². The number of hydrogen-bond acceptors (Lipinski definition) is 3. The summed E-state index contributed by atoms with van der Waals surface area (Å²) in [7, 11) is 0. The summed E-state index contributed by atoms with van der Waals surface area (Å²) in [6.45, 7) is 3.29. The Morgan fingerprint density at radius 2 is 2.14 bits per heavy atom. The number of ether oxygens (including phenoxy) is 1. The lowest BCUT2D eigenvalue weighted by atomic mass is 10.2. The Hall–Kier alpha value is -1.88. The van der Waals surface area contributed by atoms with Crippen LogP contribution in [0.2, 0.25) is 0 Å². The normalized spacial score (nSPS) is 17.5. The highest BCUT2D eigenvalue weighted by atomic mass is 79.9. The van der Waals surface area contributed by atoms with Gasteiger partial charge >= 0.3 is 0 Å². The minimum Gasteiger partial charge on any atom is -0.472 e. The van der Waals surface area contributed by atoms with Crippen molar-refractivity contribution in [2.75, 3.05) is 13.1 Å². The molecule has 22 heavy (non-hydrogen) atoms. The molecule has 5 heteroatoms. The lowest BCUT2D eigenvalue weighted by Gasteiger charge is -2.17. The second kappa shape index (κ2) is 6.48. The van der Waals surface area contributed by atoms with E-state index in [-0.39, 0.29) is 12.0 Å². The minimum absolute atomic E-state index is 0.00152. The van der Waals surface area contributed by atoms with Gasteiger partial charge in [-0.1, -0.05) is 18.2 Å². The van der Waals surface area contributed by atoms with Crippen molar-refractivity contribution < 1.29 is 9.53 Å². The van der Waals surface area contributed by atoms with Gasteiger partial charge in [0.2, 0.25) is 5.88 Å². The number of nitrogens with zero attached hydrogens (tertiary/aromatic N) is 2. The molecule has 1 aromatic carbocycles. The third-order valence-corrected chi connectivity index (χ3v) is 4.40. The van der Waals surface area contributed by atoms with Gasteiger partial charge in [0, 0.05) is 29.7 Å². The minimum atomic E-state index is 0.00152. The van der Waals surface area contributed by atoms with Gasteiger partial charge < -0.3 is 9.64 Å². The monoisotopic (exact) mass is 360 g/mol. The van der Waals surface area contributed by atoms with E-state index in [1.54, 1.807) is 6.20 Å². The molecule has 0 bridgehead atoms. The molecule has 0 saturated carbocycles. The van der Waals surface area contributed by atoms with E-state index in [0.29, 0.717) is 24.5 Å². The number of carbonyl (C=O) groups is 1. The molecule has 2 aromatic rings.